The maximum atomic E-state index is 13.2. The van der Waals surface area contributed by atoms with Crippen molar-refractivity contribution in [3.8, 4) is 0 Å². The van der Waals surface area contributed by atoms with E-state index >= 15 is 0 Å². The molecular weight excluding hydrogens is 169 g/mol. The molecule has 2 rings (SSSR count). The molecule has 0 bridgehead atoms. The second kappa shape index (κ2) is 2.96. The van der Waals surface area contributed by atoms with Crippen molar-refractivity contribution in [3.05, 3.63) is 24.2 Å². The van der Waals surface area contributed by atoms with Gasteiger partial charge in [0, 0.05) is 6.04 Å². The summed E-state index contributed by atoms with van der Waals surface area (Å²) in [5.74, 6) is 0.437. The Labute approximate surface area is 76.4 Å². The van der Waals surface area contributed by atoms with E-state index in [-0.39, 0.29) is 18.0 Å². The molecule has 0 aromatic carbocycles. The van der Waals surface area contributed by atoms with Crippen molar-refractivity contribution < 1.29 is 4.39 Å². The smallest absolute Gasteiger partial charge is 0.195 e. The first-order valence-electron chi connectivity index (χ1n) is 4.33. The number of allylic oxidation sites excluding steroid dienone is 2. The fraction of sp³-hybridized carbons (Fsp3) is 0.444. The number of fused-ring (bicyclic) bond motifs is 1. The minimum absolute atomic E-state index is 0.0110. The van der Waals surface area contributed by atoms with Crippen molar-refractivity contribution in [1.29, 1.82) is 0 Å². The highest BCUT2D eigenvalue weighted by atomic mass is 19.1. The molecule has 0 aromatic heterocycles. The summed E-state index contributed by atoms with van der Waals surface area (Å²) in [5, 5.41) is 0. The quantitative estimate of drug-likeness (QED) is 0.608. The molecule has 0 aromatic rings. The number of aliphatic imine (C=N–C) groups is 1. The van der Waals surface area contributed by atoms with E-state index < -0.39 is 0 Å². The van der Waals surface area contributed by atoms with Crippen molar-refractivity contribution in [2.75, 3.05) is 6.54 Å². The van der Waals surface area contributed by atoms with Crippen LogP contribution < -0.4 is 5.73 Å². The van der Waals surface area contributed by atoms with Crippen LogP contribution in [0.2, 0.25) is 0 Å². The minimum Gasteiger partial charge on any atom is -0.326 e. The van der Waals surface area contributed by atoms with E-state index in [9.17, 15) is 4.39 Å². The average molecular weight is 181 g/mol. The average Bonchev–Trinajstić information content (AvgIpc) is 2.49. The van der Waals surface area contributed by atoms with Crippen molar-refractivity contribution in [1.82, 2.24) is 4.90 Å². The number of amidine groups is 1. The topological polar surface area (TPSA) is 41.6 Å². The summed E-state index contributed by atoms with van der Waals surface area (Å²) >= 11 is 0. The van der Waals surface area contributed by atoms with Crippen LogP contribution in [0.25, 0.3) is 0 Å². The molecule has 2 N–H and O–H groups in total. The number of nitrogens with two attached hydrogens (primary N) is 1. The van der Waals surface area contributed by atoms with Crippen LogP contribution in [-0.2, 0) is 0 Å². The Morgan fingerprint density at radius 3 is 3.15 bits per heavy atom. The lowest BCUT2D eigenvalue weighted by Crippen LogP contribution is -2.35. The molecule has 70 valence electrons. The lowest BCUT2D eigenvalue weighted by Gasteiger charge is -2.19. The van der Waals surface area contributed by atoms with Crippen LogP contribution in [0.1, 0.15) is 6.92 Å². The molecule has 0 amide bonds. The maximum Gasteiger partial charge on any atom is 0.195 e. The number of hydrogen-bond donors (Lipinski definition) is 1. The molecule has 4 heteroatoms. The SMILES string of the molecule is C[C@@H](N)C1CN2C(F)=CC=CC2=N1. The van der Waals surface area contributed by atoms with Crippen LogP contribution in [0, 0.1) is 0 Å². The van der Waals surface area contributed by atoms with E-state index in [4.69, 9.17) is 5.73 Å². The summed E-state index contributed by atoms with van der Waals surface area (Å²) in [4.78, 5) is 5.86. The van der Waals surface area contributed by atoms with Gasteiger partial charge in [-0.1, -0.05) is 6.08 Å². The zero-order chi connectivity index (χ0) is 9.42. The van der Waals surface area contributed by atoms with Crippen molar-refractivity contribution in [2.45, 2.75) is 19.0 Å². The van der Waals surface area contributed by atoms with Crippen LogP contribution in [0.5, 0.6) is 0 Å². The standard InChI is InChI=1S/C9H12FN3/c1-6(11)7-5-13-8(10)3-2-4-9(13)12-7/h2-4,6-7H,5,11H2,1H3/t6-,7?/m1/s1. The van der Waals surface area contributed by atoms with E-state index in [0.717, 1.165) is 0 Å². The summed E-state index contributed by atoms with van der Waals surface area (Å²) in [7, 11) is 0. The monoisotopic (exact) mass is 181 g/mol. The molecule has 2 heterocycles. The van der Waals surface area contributed by atoms with Crippen molar-refractivity contribution in [2.24, 2.45) is 10.7 Å². The fourth-order valence-corrected chi connectivity index (χ4v) is 1.48. The molecule has 0 spiro atoms. The lowest BCUT2D eigenvalue weighted by atomic mass is 10.2. The van der Waals surface area contributed by atoms with Crippen LogP contribution in [0.3, 0.4) is 0 Å². The normalized spacial score (nSPS) is 28.2. The summed E-state index contributed by atoms with van der Waals surface area (Å²) in [5.41, 5.74) is 5.70. The fourth-order valence-electron chi connectivity index (χ4n) is 1.48. The summed E-state index contributed by atoms with van der Waals surface area (Å²) in [6.07, 6.45) is 4.89. The second-order valence-corrected chi connectivity index (χ2v) is 3.37. The third kappa shape index (κ3) is 1.37. The highest BCUT2D eigenvalue weighted by Gasteiger charge is 2.29. The highest BCUT2D eigenvalue weighted by Crippen LogP contribution is 2.21. The van der Waals surface area contributed by atoms with Crippen LogP contribution in [0.4, 0.5) is 4.39 Å². The number of nitrogens with zero attached hydrogens (tertiary/aromatic N) is 2. The predicted octanol–water partition coefficient (Wildman–Crippen LogP) is 0.797. The third-order valence-corrected chi connectivity index (χ3v) is 2.29. The van der Waals surface area contributed by atoms with E-state index in [1.165, 1.54) is 6.08 Å². The van der Waals surface area contributed by atoms with Gasteiger partial charge in [-0.3, -0.25) is 4.99 Å². The highest BCUT2D eigenvalue weighted by molar-refractivity contribution is 5.96. The second-order valence-electron chi connectivity index (χ2n) is 3.37. The molecule has 0 aliphatic carbocycles. The molecule has 1 unspecified atom stereocenters. The van der Waals surface area contributed by atoms with Gasteiger partial charge in [0.1, 0.15) is 5.84 Å². The van der Waals surface area contributed by atoms with E-state index in [2.05, 4.69) is 4.99 Å². The number of halogens is 1. The Balaban J connectivity index is 2.22. The van der Waals surface area contributed by atoms with Gasteiger partial charge in [-0.2, -0.15) is 4.39 Å². The first-order valence-corrected chi connectivity index (χ1v) is 4.33. The van der Waals surface area contributed by atoms with Gasteiger partial charge in [-0.25, -0.2) is 0 Å². The molecule has 2 aliphatic heterocycles. The van der Waals surface area contributed by atoms with Gasteiger partial charge in [0.2, 0.25) is 0 Å². The molecular formula is C9H12FN3. The first-order chi connectivity index (χ1) is 6.18. The molecule has 0 radical (unpaired) electrons. The van der Waals surface area contributed by atoms with E-state index in [1.807, 2.05) is 6.92 Å². The summed E-state index contributed by atoms with van der Waals surface area (Å²) in [6, 6.07) is -0.0174. The van der Waals surface area contributed by atoms with Crippen LogP contribution in [-0.4, -0.2) is 29.4 Å². The first kappa shape index (κ1) is 8.44. The van der Waals surface area contributed by atoms with Gasteiger partial charge in [0.15, 0.2) is 5.95 Å². The molecule has 0 fully saturated rings. The lowest BCUT2D eigenvalue weighted by molar-refractivity contribution is 0.376. The van der Waals surface area contributed by atoms with E-state index in [0.29, 0.717) is 12.4 Å². The maximum absolute atomic E-state index is 13.2. The Morgan fingerprint density at radius 2 is 2.54 bits per heavy atom. The molecule has 2 atom stereocenters. The molecule has 13 heavy (non-hydrogen) atoms. The van der Waals surface area contributed by atoms with Gasteiger partial charge in [0.25, 0.3) is 0 Å². The van der Waals surface area contributed by atoms with Gasteiger partial charge in [-0.15, -0.1) is 0 Å². The van der Waals surface area contributed by atoms with Gasteiger partial charge >= 0.3 is 0 Å². The zero-order valence-electron chi connectivity index (χ0n) is 7.44. The summed E-state index contributed by atoms with van der Waals surface area (Å²) in [6.45, 7) is 2.44. The Hall–Kier alpha value is -1.16. The Bertz CT molecular complexity index is 304. The van der Waals surface area contributed by atoms with Crippen molar-refractivity contribution in [3.63, 3.8) is 0 Å². The third-order valence-electron chi connectivity index (χ3n) is 2.29. The Kier molecular flexibility index (Phi) is 1.92. The number of hydrogen-bond acceptors (Lipinski definition) is 3. The summed E-state index contributed by atoms with van der Waals surface area (Å²) < 4.78 is 13.2. The van der Waals surface area contributed by atoms with Gasteiger partial charge in [0.05, 0.1) is 12.6 Å². The van der Waals surface area contributed by atoms with Crippen LogP contribution >= 0.6 is 0 Å². The molecule has 0 saturated heterocycles. The largest absolute Gasteiger partial charge is 0.326 e. The number of rotatable bonds is 1. The van der Waals surface area contributed by atoms with Crippen LogP contribution in [0.15, 0.2) is 29.2 Å². The molecule has 3 nitrogen and oxygen atoms in total. The van der Waals surface area contributed by atoms with Gasteiger partial charge in [-0.05, 0) is 19.1 Å². The Morgan fingerprint density at radius 1 is 1.77 bits per heavy atom. The molecule has 2 aliphatic rings. The van der Waals surface area contributed by atoms with Crippen molar-refractivity contribution >= 4 is 5.84 Å². The zero-order valence-corrected chi connectivity index (χ0v) is 7.44. The van der Waals surface area contributed by atoms with Gasteiger partial charge < -0.3 is 10.6 Å². The predicted molar refractivity (Wildman–Crippen MR) is 49.9 cm³/mol. The minimum atomic E-state index is -0.246. The molecule has 0 saturated carbocycles. The van der Waals surface area contributed by atoms with E-state index in [1.54, 1.807) is 17.1 Å².